The summed E-state index contributed by atoms with van der Waals surface area (Å²) in [5.74, 6) is -0.0504. The van der Waals surface area contributed by atoms with E-state index in [9.17, 15) is 9.59 Å². The zero-order chi connectivity index (χ0) is 19.6. The quantitative estimate of drug-likeness (QED) is 0.889. The van der Waals surface area contributed by atoms with E-state index in [0.717, 1.165) is 30.4 Å². The van der Waals surface area contributed by atoms with Gasteiger partial charge in [-0.3, -0.25) is 14.6 Å². The van der Waals surface area contributed by atoms with Crippen LogP contribution in [0, 0.1) is 6.92 Å². The molecule has 0 radical (unpaired) electrons. The van der Waals surface area contributed by atoms with Gasteiger partial charge in [0.05, 0.1) is 17.5 Å². The zero-order valence-corrected chi connectivity index (χ0v) is 16.1. The smallest absolute Gasteiger partial charge is 0.253 e. The van der Waals surface area contributed by atoms with Crippen LogP contribution in [-0.2, 0) is 9.53 Å². The molecule has 2 fully saturated rings. The van der Waals surface area contributed by atoms with Crippen LogP contribution in [0.15, 0.2) is 48.8 Å². The third kappa shape index (κ3) is 3.92. The number of hydrogen-bond donors (Lipinski definition) is 1. The van der Waals surface area contributed by atoms with Crippen LogP contribution in [0.2, 0.25) is 0 Å². The number of nitrogens with zero attached hydrogens (tertiary/aromatic N) is 2. The molecule has 0 aliphatic carbocycles. The van der Waals surface area contributed by atoms with E-state index in [1.807, 2.05) is 42.2 Å². The van der Waals surface area contributed by atoms with Crippen molar-refractivity contribution in [3.05, 3.63) is 59.9 Å². The number of anilines is 1. The number of benzene rings is 1. The molecule has 0 saturated carbocycles. The molecule has 6 nitrogen and oxygen atoms in total. The number of aromatic nitrogens is 1. The van der Waals surface area contributed by atoms with Crippen molar-refractivity contribution < 1.29 is 14.3 Å². The highest BCUT2D eigenvalue weighted by Crippen LogP contribution is 2.39. The molecule has 2 aliphatic rings. The van der Waals surface area contributed by atoms with Crippen molar-refractivity contribution in [1.29, 1.82) is 0 Å². The summed E-state index contributed by atoms with van der Waals surface area (Å²) in [5, 5.41) is 2.87. The van der Waals surface area contributed by atoms with Crippen LogP contribution in [0.1, 0.15) is 41.6 Å². The second kappa shape index (κ2) is 7.72. The van der Waals surface area contributed by atoms with Crippen molar-refractivity contribution in [1.82, 2.24) is 9.88 Å². The van der Waals surface area contributed by atoms with Gasteiger partial charge in [0.2, 0.25) is 0 Å². The van der Waals surface area contributed by atoms with Gasteiger partial charge in [0.1, 0.15) is 6.10 Å². The summed E-state index contributed by atoms with van der Waals surface area (Å²) in [6.07, 6.45) is 5.94. The van der Waals surface area contributed by atoms with Gasteiger partial charge in [-0.1, -0.05) is 17.7 Å². The maximum Gasteiger partial charge on any atom is 0.253 e. The van der Waals surface area contributed by atoms with Crippen LogP contribution in [-0.4, -0.2) is 46.5 Å². The van der Waals surface area contributed by atoms with E-state index in [-0.39, 0.29) is 17.4 Å². The summed E-state index contributed by atoms with van der Waals surface area (Å²) in [5.41, 5.74) is 2.20. The first-order valence-electron chi connectivity index (χ1n) is 9.79. The van der Waals surface area contributed by atoms with Crippen molar-refractivity contribution in [2.75, 3.05) is 18.4 Å². The summed E-state index contributed by atoms with van der Waals surface area (Å²) in [6, 6.07) is 11.3. The molecule has 6 heteroatoms. The first-order chi connectivity index (χ1) is 13.5. The molecule has 146 valence electrons. The fourth-order valence-corrected chi connectivity index (χ4v) is 4.10. The fraction of sp³-hybridized carbons (Fsp3) is 0.409. The number of aryl methyl sites for hydroxylation is 1. The summed E-state index contributed by atoms with van der Waals surface area (Å²) in [4.78, 5) is 31.2. The van der Waals surface area contributed by atoms with Crippen molar-refractivity contribution >= 4 is 17.5 Å². The third-order valence-corrected chi connectivity index (χ3v) is 5.70. The lowest BCUT2D eigenvalue weighted by Crippen LogP contribution is -2.47. The average Bonchev–Trinajstić information content (AvgIpc) is 3.13. The van der Waals surface area contributed by atoms with Gasteiger partial charge in [0.15, 0.2) is 0 Å². The first kappa shape index (κ1) is 18.6. The van der Waals surface area contributed by atoms with Gasteiger partial charge in [-0.2, -0.15) is 0 Å². The minimum absolute atomic E-state index is 0.0717. The van der Waals surface area contributed by atoms with Crippen LogP contribution < -0.4 is 5.32 Å². The third-order valence-electron chi connectivity index (χ3n) is 5.70. The Hall–Kier alpha value is -2.73. The number of hydrogen-bond acceptors (Lipinski definition) is 4. The molecule has 1 atom stereocenters. The Morgan fingerprint density at radius 3 is 2.71 bits per heavy atom. The van der Waals surface area contributed by atoms with Gasteiger partial charge < -0.3 is 15.0 Å². The number of carbonyl (C=O) groups excluding carboxylic acids is 2. The SMILES string of the molecule is Cc1cccc(C(=O)N2CCC3(CCC(C(=O)Nc4cccnc4)O3)CC2)c1. The number of pyridine rings is 1. The molecule has 2 saturated heterocycles. The summed E-state index contributed by atoms with van der Waals surface area (Å²) in [7, 11) is 0. The number of nitrogens with one attached hydrogen (secondary N) is 1. The molecule has 2 amide bonds. The lowest BCUT2D eigenvalue weighted by Gasteiger charge is -2.39. The molecule has 0 bridgehead atoms. The van der Waals surface area contributed by atoms with Crippen molar-refractivity contribution in [3.63, 3.8) is 0 Å². The Balaban J connectivity index is 1.33. The molecule has 2 aromatic rings. The minimum atomic E-state index is -0.445. The van der Waals surface area contributed by atoms with Gasteiger partial charge in [-0.25, -0.2) is 0 Å². The number of piperidine rings is 1. The zero-order valence-electron chi connectivity index (χ0n) is 16.1. The summed E-state index contributed by atoms with van der Waals surface area (Å²) < 4.78 is 6.21. The second-order valence-corrected chi connectivity index (χ2v) is 7.72. The van der Waals surface area contributed by atoms with E-state index in [1.165, 1.54) is 0 Å². The van der Waals surface area contributed by atoms with Crippen LogP contribution in [0.3, 0.4) is 0 Å². The van der Waals surface area contributed by atoms with Crippen LogP contribution >= 0.6 is 0 Å². The Kier molecular flexibility index (Phi) is 5.13. The van der Waals surface area contributed by atoms with Crippen molar-refractivity contribution in [2.24, 2.45) is 0 Å². The van der Waals surface area contributed by atoms with Crippen LogP contribution in [0.4, 0.5) is 5.69 Å². The fourth-order valence-electron chi connectivity index (χ4n) is 4.10. The summed E-state index contributed by atoms with van der Waals surface area (Å²) >= 11 is 0. The number of amides is 2. The predicted molar refractivity (Wildman–Crippen MR) is 106 cm³/mol. The van der Waals surface area contributed by atoms with Gasteiger partial charge in [-0.05, 0) is 56.9 Å². The van der Waals surface area contributed by atoms with Gasteiger partial charge >= 0.3 is 0 Å². The average molecular weight is 379 g/mol. The predicted octanol–water partition coefficient (Wildman–Crippen LogP) is 3.18. The van der Waals surface area contributed by atoms with Gasteiger partial charge in [-0.15, -0.1) is 0 Å². The molecule has 4 rings (SSSR count). The Labute approximate surface area is 164 Å². The molecule has 1 aromatic heterocycles. The highest BCUT2D eigenvalue weighted by atomic mass is 16.5. The lowest BCUT2D eigenvalue weighted by atomic mass is 9.88. The standard InChI is InChI=1S/C22H25N3O3/c1-16-4-2-5-17(14-16)21(27)25-12-9-22(10-13-25)8-7-19(28-22)20(26)24-18-6-3-11-23-15-18/h2-6,11,14-15,19H,7-10,12-13H2,1H3,(H,24,26). The Morgan fingerprint density at radius 2 is 2.00 bits per heavy atom. The molecule has 2 aliphatic heterocycles. The van der Waals surface area contributed by atoms with Crippen molar-refractivity contribution in [2.45, 2.75) is 44.3 Å². The first-order valence-corrected chi connectivity index (χ1v) is 9.79. The van der Waals surface area contributed by atoms with Crippen LogP contribution in [0.5, 0.6) is 0 Å². The van der Waals surface area contributed by atoms with Crippen molar-refractivity contribution in [3.8, 4) is 0 Å². The monoisotopic (exact) mass is 379 g/mol. The van der Waals surface area contributed by atoms with E-state index in [4.69, 9.17) is 4.74 Å². The lowest BCUT2D eigenvalue weighted by molar-refractivity contribution is -0.135. The molecular formula is C22H25N3O3. The molecule has 28 heavy (non-hydrogen) atoms. The normalized spacial score (nSPS) is 20.9. The molecule has 3 heterocycles. The molecule has 1 unspecified atom stereocenters. The largest absolute Gasteiger partial charge is 0.362 e. The van der Waals surface area contributed by atoms with E-state index < -0.39 is 6.10 Å². The molecular weight excluding hydrogens is 354 g/mol. The maximum absolute atomic E-state index is 12.7. The van der Waals surface area contributed by atoms with Crippen LogP contribution in [0.25, 0.3) is 0 Å². The number of carbonyl (C=O) groups is 2. The summed E-state index contributed by atoms with van der Waals surface area (Å²) in [6.45, 7) is 3.30. The van der Waals surface area contributed by atoms with E-state index in [0.29, 0.717) is 25.2 Å². The van der Waals surface area contributed by atoms with Gasteiger partial charge in [0, 0.05) is 24.8 Å². The number of rotatable bonds is 3. The highest BCUT2D eigenvalue weighted by Gasteiger charge is 2.45. The topological polar surface area (TPSA) is 71.5 Å². The second-order valence-electron chi connectivity index (χ2n) is 7.72. The van der Waals surface area contributed by atoms with E-state index >= 15 is 0 Å². The minimum Gasteiger partial charge on any atom is -0.362 e. The molecule has 1 N–H and O–H groups in total. The highest BCUT2D eigenvalue weighted by molar-refractivity contribution is 5.95. The molecule has 1 aromatic carbocycles. The molecule has 1 spiro atoms. The van der Waals surface area contributed by atoms with E-state index in [1.54, 1.807) is 18.5 Å². The maximum atomic E-state index is 12.7. The Bertz CT molecular complexity index is 860. The van der Waals surface area contributed by atoms with Gasteiger partial charge in [0.25, 0.3) is 11.8 Å². The van der Waals surface area contributed by atoms with E-state index in [2.05, 4.69) is 10.3 Å². The Morgan fingerprint density at radius 1 is 1.18 bits per heavy atom. The number of ether oxygens (including phenoxy) is 1. The number of likely N-dealkylation sites (tertiary alicyclic amines) is 1.